The van der Waals surface area contributed by atoms with E-state index in [1.807, 2.05) is 6.07 Å². The zero-order chi connectivity index (χ0) is 20.8. The Morgan fingerprint density at radius 1 is 1.30 bits per heavy atom. The number of guanidine groups is 1. The summed E-state index contributed by atoms with van der Waals surface area (Å²) in [7, 11) is 1.81. The van der Waals surface area contributed by atoms with E-state index in [1.165, 1.54) is 16.7 Å². The van der Waals surface area contributed by atoms with Crippen molar-refractivity contribution in [3.8, 4) is 11.8 Å². The zero-order valence-corrected chi connectivity index (χ0v) is 15.8. The molecule has 5 rings (SSSR count). The number of nitrogens with two attached hydrogens (primary N) is 1. The first kappa shape index (κ1) is 18.0. The van der Waals surface area contributed by atoms with Gasteiger partial charge in [0.15, 0.2) is 17.8 Å². The fourth-order valence-corrected chi connectivity index (χ4v) is 3.43. The summed E-state index contributed by atoms with van der Waals surface area (Å²) >= 11 is 0. The van der Waals surface area contributed by atoms with E-state index in [1.54, 1.807) is 41.5 Å². The molecule has 1 aromatic carbocycles. The molecule has 0 bridgehead atoms. The molecule has 10 heteroatoms. The van der Waals surface area contributed by atoms with Crippen molar-refractivity contribution in [3.63, 3.8) is 0 Å². The number of hydrogen-bond donors (Lipinski definition) is 2. The zero-order valence-electron chi connectivity index (χ0n) is 15.8. The molecule has 0 amide bonds. The van der Waals surface area contributed by atoms with E-state index >= 15 is 0 Å². The predicted octanol–water partition coefficient (Wildman–Crippen LogP) is 1.53. The molecule has 3 aromatic rings. The average Bonchev–Trinajstić information content (AvgIpc) is 3.43. The molecule has 0 fully saturated rings. The van der Waals surface area contributed by atoms with Gasteiger partial charge in [-0.15, -0.1) is 0 Å². The summed E-state index contributed by atoms with van der Waals surface area (Å²) in [5.41, 5.74) is 6.90. The molecule has 2 aliphatic heterocycles. The van der Waals surface area contributed by atoms with E-state index in [2.05, 4.69) is 26.8 Å². The second-order valence-corrected chi connectivity index (χ2v) is 6.72. The van der Waals surface area contributed by atoms with E-state index in [0.717, 1.165) is 0 Å². The smallest absolute Gasteiger partial charge is 0.328 e. The molecule has 2 aromatic heterocycles. The number of rotatable bonds is 2. The Morgan fingerprint density at radius 3 is 2.83 bits per heavy atom. The Kier molecular flexibility index (Phi) is 4.04. The first-order chi connectivity index (χ1) is 14.5. The monoisotopic (exact) mass is 405 g/mol. The molecule has 0 aliphatic carbocycles. The highest BCUT2D eigenvalue weighted by atomic mass is 19.1. The van der Waals surface area contributed by atoms with Crippen molar-refractivity contribution in [2.75, 3.05) is 7.05 Å². The van der Waals surface area contributed by atoms with Crippen molar-refractivity contribution in [2.45, 2.75) is 12.7 Å². The van der Waals surface area contributed by atoms with Crippen molar-refractivity contribution in [3.05, 3.63) is 76.0 Å². The van der Waals surface area contributed by atoms with Gasteiger partial charge < -0.3 is 15.1 Å². The molecule has 150 valence electrons. The number of aromatic amines is 1. The Hall–Kier alpha value is -4.10. The van der Waals surface area contributed by atoms with Gasteiger partial charge in [-0.25, -0.2) is 19.2 Å². The second-order valence-electron chi connectivity index (χ2n) is 6.72. The Bertz CT molecular complexity index is 1290. The third-order valence-corrected chi connectivity index (χ3v) is 4.84. The number of nitrogens with one attached hydrogen (secondary N) is 1. The number of aliphatic imine (C=N–C) groups is 2. The molecular weight excluding hydrogens is 389 g/mol. The number of H-pyrrole nitrogens is 1. The number of furan rings is 1. The first-order valence-corrected chi connectivity index (χ1v) is 9.09. The van der Waals surface area contributed by atoms with Crippen molar-refractivity contribution in [2.24, 2.45) is 15.7 Å². The van der Waals surface area contributed by atoms with Gasteiger partial charge in [0.05, 0.1) is 12.8 Å². The second kappa shape index (κ2) is 6.75. The van der Waals surface area contributed by atoms with Gasteiger partial charge in [-0.1, -0.05) is 11.8 Å². The van der Waals surface area contributed by atoms with Crippen LogP contribution in [0.3, 0.4) is 0 Å². The van der Waals surface area contributed by atoms with Gasteiger partial charge >= 0.3 is 5.69 Å². The van der Waals surface area contributed by atoms with Crippen LogP contribution < -0.4 is 11.4 Å². The summed E-state index contributed by atoms with van der Waals surface area (Å²) < 4.78 is 19.9. The molecule has 0 radical (unpaired) electrons. The molecule has 1 unspecified atom stereocenters. The fraction of sp³-hybridized carbons (Fsp3) is 0.150. The van der Waals surface area contributed by atoms with Crippen LogP contribution in [-0.2, 0) is 6.54 Å². The maximum Gasteiger partial charge on any atom is 0.328 e. The molecular formula is C20H16FN7O2. The van der Waals surface area contributed by atoms with Crippen LogP contribution in [0.2, 0.25) is 0 Å². The van der Waals surface area contributed by atoms with Crippen molar-refractivity contribution >= 4 is 17.6 Å². The van der Waals surface area contributed by atoms with Crippen LogP contribution in [0, 0.1) is 17.7 Å². The Labute approximate surface area is 169 Å². The molecule has 0 spiro atoms. The van der Waals surface area contributed by atoms with Crippen LogP contribution in [-0.4, -0.2) is 38.4 Å². The van der Waals surface area contributed by atoms with Crippen molar-refractivity contribution in [1.82, 2.24) is 19.6 Å². The highest BCUT2D eigenvalue weighted by Gasteiger charge is 2.41. The molecule has 4 heterocycles. The SMILES string of the molecule is CN1C(c2ccco2)N=C2c3[nH]c(=O)n(CC#Cc4ccc(F)cc4)c3N=C(N)N21. The standard InChI is InChI=1S/C20H16FN7O2/c1-26-16(14-5-3-11-30-14)24-18-15-17(25-19(22)28(18)26)27(20(29)23-15)10-2-4-12-6-8-13(21)9-7-12/h3,5-9,11,16H,10H2,1H3,(H2,22,25)(H,23,29). The lowest BCUT2D eigenvalue weighted by molar-refractivity contribution is 0.108. The lowest BCUT2D eigenvalue weighted by Gasteiger charge is -2.30. The van der Waals surface area contributed by atoms with E-state index in [0.29, 0.717) is 28.7 Å². The third kappa shape index (κ3) is 2.80. The van der Waals surface area contributed by atoms with Gasteiger partial charge in [-0.2, -0.15) is 10.0 Å². The number of aromatic nitrogens is 2. The quantitative estimate of drug-likeness (QED) is 0.629. The Morgan fingerprint density at radius 2 is 2.10 bits per heavy atom. The van der Waals surface area contributed by atoms with Gasteiger partial charge in [0, 0.05) is 12.6 Å². The number of hydrazine groups is 1. The third-order valence-electron chi connectivity index (χ3n) is 4.84. The highest BCUT2D eigenvalue weighted by Crippen LogP contribution is 2.35. The van der Waals surface area contributed by atoms with Crippen LogP contribution >= 0.6 is 0 Å². The molecule has 2 aliphatic rings. The fourth-order valence-electron chi connectivity index (χ4n) is 3.43. The maximum atomic E-state index is 13.0. The summed E-state index contributed by atoms with van der Waals surface area (Å²) in [6, 6.07) is 9.40. The summed E-state index contributed by atoms with van der Waals surface area (Å²) in [5, 5.41) is 3.40. The van der Waals surface area contributed by atoms with Gasteiger partial charge in [0.2, 0.25) is 5.96 Å². The van der Waals surface area contributed by atoms with Gasteiger partial charge in [-0.05, 0) is 36.4 Å². The molecule has 0 saturated heterocycles. The topological polar surface area (TPSA) is 108 Å². The van der Waals surface area contributed by atoms with Crippen molar-refractivity contribution in [1.29, 1.82) is 0 Å². The minimum Gasteiger partial charge on any atom is -0.466 e. The van der Waals surface area contributed by atoms with E-state index < -0.39 is 6.17 Å². The largest absolute Gasteiger partial charge is 0.466 e. The molecule has 1 atom stereocenters. The first-order valence-electron chi connectivity index (χ1n) is 9.09. The number of amidine groups is 1. The highest BCUT2D eigenvalue weighted by molar-refractivity contribution is 6.13. The minimum atomic E-state index is -0.431. The van der Waals surface area contributed by atoms with Gasteiger partial charge in [0.25, 0.3) is 0 Å². The molecule has 3 N–H and O–H groups in total. The van der Waals surface area contributed by atoms with Crippen LogP contribution in [0.4, 0.5) is 10.2 Å². The summed E-state index contributed by atoms with van der Waals surface area (Å²) in [6.45, 7) is 0.0869. The number of imidazole rings is 1. The molecule has 0 saturated carbocycles. The minimum absolute atomic E-state index is 0.0869. The van der Waals surface area contributed by atoms with Crippen molar-refractivity contribution < 1.29 is 8.81 Å². The molecule has 9 nitrogen and oxygen atoms in total. The summed E-state index contributed by atoms with van der Waals surface area (Å²) in [5.74, 6) is 7.13. The van der Waals surface area contributed by atoms with Crippen LogP contribution in [0.15, 0.2) is 61.9 Å². The van der Waals surface area contributed by atoms with Crippen LogP contribution in [0.25, 0.3) is 0 Å². The number of nitrogens with zero attached hydrogens (tertiary/aromatic N) is 5. The number of benzene rings is 1. The van der Waals surface area contributed by atoms with Crippen LogP contribution in [0.1, 0.15) is 23.2 Å². The predicted molar refractivity (Wildman–Crippen MR) is 107 cm³/mol. The number of hydrogen-bond acceptors (Lipinski definition) is 7. The van der Waals surface area contributed by atoms with E-state index in [4.69, 9.17) is 10.2 Å². The number of fused-ring (bicyclic) bond motifs is 3. The summed E-state index contributed by atoms with van der Waals surface area (Å²) in [6.07, 6.45) is 1.14. The summed E-state index contributed by atoms with van der Waals surface area (Å²) in [4.78, 5) is 24.4. The molecule has 30 heavy (non-hydrogen) atoms. The van der Waals surface area contributed by atoms with E-state index in [-0.39, 0.29) is 24.0 Å². The lowest BCUT2D eigenvalue weighted by atomic mass is 10.2. The van der Waals surface area contributed by atoms with E-state index in [9.17, 15) is 9.18 Å². The van der Waals surface area contributed by atoms with Crippen LogP contribution in [0.5, 0.6) is 0 Å². The average molecular weight is 405 g/mol. The maximum absolute atomic E-state index is 13.0. The van der Waals surface area contributed by atoms with Gasteiger partial charge in [0.1, 0.15) is 17.3 Å². The van der Waals surface area contributed by atoms with Gasteiger partial charge in [-0.3, -0.25) is 4.57 Å². The lowest BCUT2D eigenvalue weighted by Crippen LogP contribution is -2.49. The Balaban J connectivity index is 1.51. The number of halogens is 1. The normalized spacial score (nSPS) is 17.7.